The third-order valence-corrected chi connectivity index (χ3v) is 6.08. The fourth-order valence-corrected chi connectivity index (χ4v) is 4.23. The molecule has 0 radical (unpaired) electrons. The van der Waals surface area contributed by atoms with Gasteiger partial charge in [-0.1, -0.05) is 41.6 Å². The van der Waals surface area contributed by atoms with Crippen molar-refractivity contribution in [2.24, 2.45) is 0 Å². The van der Waals surface area contributed by atoms with Crippen LogP contribution in [0.15, 0.2) is 79.0 Å². The van der Waals surface area contributed by atoms with Crippen LogP contribution in [0.4, 0.5) is 0 Å². The van der Waals surface area contributed by atoms with E-state index in [1.807, 2.05) is 53.6 Å². The SMILES string of the molecule is O=C(c1ccc(-n2cc(-c3n[nH]c4cc(-c5ccccc5)ccc34)nn2)cc1)N1CCOCC1. The summed E-state index contributed by atoms with van der Waals surface area (Å²) in [5.41, 5.74) is 6.12. The molecule has 1 aliphatic heterocycles. The second-order valence-electron chi connectivity index (χ2n) is 8.20. The second-order valence-corrected chi connectivity index (χ2v) is 8.20. The molecule has 1 aliphatic rings. The Balaban J connectivity index is 1.24. The van der Waals surface area contributed by atoms with E-state index >= 15 is 0 Å². The number of carbonyl (C=O) groups excluding carboxylic acids is 1. The van der Waals surface area contributed by atoms with Crippen LogP contribution in [0.3, 0.4) is 0 Å². The first-order chi connectivity index (χ1) is 16.8. The zero-order valence-electron chi connectivity index (χ0n) is 18.4. The first-order valence-electron chi connectivity index (χ1n) is 11.2. The monoisotopic (exact) mass is 450 g/mol. The van der Waals surface area contributed by atoms with Crippen molar-refractivity contribution in [2.75, 3.05) is 26.3 Å². The summed E-state index contributed by atoms with van der Waals surface area (Å²) in [5.74, 6) is 0.0204. The van der Waals surface area contributed by atoms with Gasteiger partial charge in [0.25, 0.3) is 5.91 Å². The number of carbonyl (C=O) groups is 1. The van der Waals surface area contributed by atoms with Crippen LogP contribution in [-0.4, -0.2) is 62.3 Å². The third-order valence-electron chi connectivity index (χ3n) is 6.08. The Morgan fingerprint density at radius 2 is 1.71 bits per heavy atom. The molecule has 6 rings (SSSR count). The lowest BCUT2D eigenvalue weighted by Gasteiger charge is -2.26. The molecule has 1 N–H and O–H groups in total. The minimum Gasteiger partial charge on any atom is -0.378 e. The zero-order valence-corrected chi connectivity index (χ0v) is 18.4. The van der Waals surface area contributed by atoms with Gasteiger partial charge in [-0.2, -0.15) is 5.10 Å². The van der Waals surface area contributed by atoms with E-state index in [1.165, 1.54) is 0 Å². The lowest BCUT2D eigenvalue weighted by atomic mass is 10.0. The Morgan fingerprint density at radius 3 is 2.50 bits per heavy atom. The number of aromatic amines is 1. The van der Waals surface area contributed by atoms with E-state index in [0.717, 1.165) is 33.4 Å². The van der Waals surface area contributed by atoms with Crippen LogP contribution in [0.1, 0.15) is 10.4 Å². The molecule has 0 unspecified atom stereocenters. The number of H-pyrrole nitrogens is 1. The summed E-state index contributed by atoms with van der Waals surface area (Å²) < 4.78 is 7.02. The number of fused-ring (bicyclic) bond motifs is 1. The molecule has 1 fully saturated rings. The molecule has 1 amide bonds. The quantitative estimate of drug-likeness (QED) is 0.448. The number of nitrogens with one attached hydrogen (secondary N) is 1. The lowest BCUT2D eigenvalue weighted by Crippen LogP contribution is -2.40. The summed E-state index contributed by atoms with van der Waals surface area (Å²) in [7, 11) is 0. The number of amides is 1. The number of ether oxygens (including phenoxy) is 1. The maximum atomic E-state index is 12.7. The van der Waals surface area contributed by atoms with Crippen molar-refractivity contribution in [1.29, 1.82) is 0 Å². The van der Waals surface area contributed by atoms with Gasteiger partial charge >= 0.3 is 0 Å². The molecular formula is C26H22N6O2. The van der Waals surface area contributed by atoms with E-state index in [9.17, 15) is 4.79 Å². The van der Waals surface area contributed by atoms with Crippen molar-refractivity contribution in [1.82, 2.24) is 30.1 Å². The summed E-state index contributed by atoms with van der Waals surface area (Å²) in [4.78, 5) is 14.5. The standard InChI is InChI=1S/C26H22N6O2/c33-26(31-12-14-34-15-13-31)19-6-9-21(10-7-19)32-17-24(28-30-32)25-22-11-8-20(16-23(22)27-29-25)18-4-2-1-3-5-18/h1-11,16-17H,12-15H2,(H,27,29). The Hall–Kier alpha value is -4.30. The van der Waals surface area contributed by atoms with Crippen LogP contribution in [0.2, 0.25) is 0 Å². The van der Waals surface area contributed by atoms with Crippen molar-refractivity contribution >= 4 is 16.8 Å². The maximum Gasteiger partial charge on any atom is 0.254 e. The average molecular weight is 451 g/mol. The van der Waals surface area contributed by atoms with E-state index in [2.05, 4.69) is 50.8 Å². The maximum absolute atomic E-state index is 12.7. The molecule has 3 heterocycles. The van der Waals surface area contributed by atoms with Gasteiger partial charge in [-0.3, -0.25) is 9.89 Å². The van der Waals surface area contributed by atoms with Gasteiger partial charge < -0.3 is 9.64 Å². The fraction of sp³-hybridized carbons (Fsp3) is 0.154. The van der Waals surface area contributed by atoms with Gasteiger partial charge in [0.1, 0.15) is 11.4 Å². The number of hydrogen-bond acceptors (Lipinski definition) is 5. The van der Waals surface area contributed by atoms with Crippen LogP contribution in [-0.2, 0) is 4.74 Å². The normalized spacial score (nSPS) is 13.9. The molecular weight excluding hydrogens is 428 g/mol. The third kappa shape index (κ3) is 3.74. The summed E-state index contributed by atoms with van der Waals surface area (Å²) in [6.07, 6.45) is 1.85. The van der Waals surface area contributed by atoms with Gasteiger partial charge in [-0.05, 0) is 47.5 Å². The number of hydrogen-bond donors (Lipinski definition) is 1. The van der Waals surface area contributed by atoms with Crippen molar-refractivity contribution in [2.45, 2.75) is 0 Å². The highest BCUT2D eigenvalue weighted by molar-refractivity contribution is 5.95. The summed E-state index contributed by atoms with van der Waals surface area (Å²) in [6, 6.07) is 23.9. The number of aromatic nitrogens is 5. The van der Waals surface area contributed by atoms with Gasteiger partial charge in [0.15, 0.2) is 0 Å². The van der Waals surface area contributed by atoms with Gasteiger partial charge in [-0.15, -0.1) is 5.10 Å². The van der Waals surface area contributed by atoms with Crippen LogP contribution in [0.25, 0.3) is 39.1 Å². The van der Waals surface area contributed by atoms with Gasteiger partial charge in [0.2, 0.25) is 0 Å². The van der Waals surface area contributed by atoms with Gasteiger partial charge in [-0.25, -0.2) is 4.68 Å². The van der Waals surface area contributed by atoms with Gasteiger partial charge in [0, 0.05) is 24.0 Å². The summed E-state index contributed by atoms with van der Waals surface area (Å²) >= 11 is 0. The van der Waals surface area contributed by atoms with Crippen LogP contribution >= 0.6 is 0 Å². The molecule has 0 saturated carbocycles. The highest BCUT2D eigenvalue weighted by Crippen LogP contribution is 2.29. The number of rotatable bonds is 4. The Kier molecular flexibility index (Phi) is 5.12. The number of nitrogens with zero attached hydrogens (tertiary/aromatic N) is 5. The van der Waals surface area contributed by atoms with E-state index in [-0.39, 0.29) is 5.91 Å². The molecule has 2 aromatic heterocycles. The van der Waals surface area contributed by atoms with Crippen molar-refractivity contribution < 1.29 is 9.53 Å². The first-order valence-corrected chi connectivity index (χ1v) is 11.2. The Morgan fingerprint density at radius 1 is 0.912 bits per heavy atom. The van der Waals surface area contributed by atoms with E-state index < -0.39 is 0 Å². The van der Waals surface area contributed by atoms with Gasteiger partial charge in [0.05, 0.1) is 30.6 Å². The van der Waals surface area contributed by atoms with E-state index in [4.69, 9.17) is 4.74 Å². The highest BCUT2D eigenvalue weighted by Gasteiger charge is 2.19. The van der Waals surface area contributed by atoms with E-state index in [0.29, 0.717) is 37.6 Å². The second kappa shape index (κ2) is 8.57. The fourth-order valence-electron chi connectivity index (χ4n) is 4.23. The molecule has 0 atom stereocenters. The predicted molar refractivity (Wildman–Crippen MR) is 129 cm³/mol. The van der Waals surface area contributed by atoms with E-state index in [1.54, 1.807) is 4.68 Å². The average Bonchev–Trinajstić information content (AvgIpc) is 3.56. The molecule has 34 heavy (non-hydrogen) atoms. The predicted octanol–water partition coefficient (Wildman–Crippen LogP) is 3.95. The molecule has 8 heteroatoms. The minimum absolute atomic E-state index is 0.0204. The van der Waals surface area contributed by atoms with Crippen LogP contribution < -0.4 is 0 Å². The molecule has 0 aliphatic carbocycles. The highest BCUT2D eigenvalue weighted by atomic mass is 16.5. The molecule has 5 aromatic rings. The van der Waals surface area contributed by atoms with Crippen molar-refractivity contribution in [3.05, 3.63) is 84.6 Å². The smallest absolute Gasteiger partial charge is 0.254 e. The first kappa shape index (κ1) is 20.3. The zero-order chi connectivity index (χ0) is 22.9. The molecule has 3 aromatic carbocycles. The summed E-state index contributed by atoms with van der Waals surface area (Å²) in [5, 5.41) is 17.2. The molecule has 0 bridgehead atoms. The molecule has 1 saturated heterocycles. The Bertz CT molecular complexity index is 1450. The van der Waals surface area contributed by atoms with Crippen LogP contribution in [0, 0.1) is 0 Å². The van der Waals surface area contributed by atoms with Crippen LogP contribution in [0.5, 0.6) is 0 Å². The summed E-state index contributed by atoms with van der Waals surface area (Å²) in [6.45, 7) is 2.41. The Labute approximate surface area is 195 Å². The van der Waals surface area contributed by atoms with Crippen molar-refractivity contribution in [3.63, 3.8) is 0 Å². The van der Waals surface area contributed by atoms with Crippen molar-refractivity contribution in [3.8, 4) is 28.2 Å². The number of benzene rings is 3. The minimum atomic E-state index is 0.0204. The topological polar surface area (TPSA) is 88.9 Å². The molecule has 168 valence electrons. The number of morpholine rings is 1. The lowest BCUT2D eigenvalue weighted by molar-refractivity contribution is 0.0303. The molecule has 8 nitrogen and oxygen atoms in total. The molecule has 0 spiro atoms. The largest absolute Gasteiger partial charge is 0.378 e.